The van der Waals surface area contributed by atoms with Gasteiger partial charge in [-0.1, -0.05) is 0 Å². The van der Waals surface area contributed by atoms with E-state index in [0.29, 0.717) is 12.8 Å². The molecule has 0 aromatic heterocycles. The summed E-state index contributed by atoms with van der Waals surface area (Å²) in [4.78, 5) is 22.7. The fraction of sp³-hybridized carbons (Fsp3) is 0.778. The van der Waals surface area contributed by atoms with Crippen LogP contribution in [0.1, 0.15) is 19.8 Å². The van der Waals surface area contributed by atoms with Gasteiger partial charge in [-0.25, -0.2) is 9.59 Å². The van der Waals surface area contributed by atoms with Crippen LogP contribution in [-0.4, -0.2) is 61.7 Å². The average molecular weight is 233 g/mol. The molecule has 0 aromatic rings. The van der Waals surface area contributed by atoms with Crippen LogP contribution in [0.25, 0.3) is 0 Å². The summed E-state index contributed by atoms with van der Waals surface area (Å²) in [5, 5.41) is 36.7. The zero-order valence-electron chi connectivity index (χ0n) is 8.83. The molecular weight excluding hydrogens is 218 g/mol. The van der Waals surface area contributed by atoms with Crippen LogP contribution in [0.5, 0.6) is 0 Å². The van der Waals surface area contributed by atoms with Gasteiger partial charge in [-0.3, -0.25) is 4.90 Å². The van der Waals surface area contributed by atoms with E-state index in [1.54, 1.807) is 6.92 Å². The minimum absolute atomic E-state index is 0.244. The number of rotatable bonds is 4. The van der Waals surface area contributed by atoms with Crippen LogP contribution < -0.4 is 0 Å². The molecule has 0 radical (unpaired) electrons. The molecule has 4 N–H and O–H groups in total. The fourth-order valence-electron chi connectivity index (χ4n) is 2.01. The van der Waals surface area contributed by atoms with E-state index in [9.17, 15) is 19.8 Å². The quantitative estimate of drug-likeness (QED) is 0.476. The van der Waals surface area contributed by atoms with Crippen LogP contribution in [0.3, 0.4) is 0 Å². The zero-order valence-corrected chi connectivity index (χ0v) is 8.83. The van der Waals surface area contributed by atoms with Crippen molar-refractivity contribution in [3.05, 3.63) is 0 Å². The van der Waals surface area contributed by atoms with Crippen molar-refractivity contribution in [2.45, 2.75) is 37.6 Å². The maximum Gasteiger partial charge on any atom is 0.355 e. The van der Waals surface area contributed by atoms with E-state index in [-0.39, 0.29) is 12.6 Å². The van der Waals surface area contributed by atoms with Gasteiger partial charge in [-0.15, -0.1) is 0 Å². The van der Waals surface area contributed by atoms with Gasteiger partial charge in [-0.2, -0.15) is 0 Å². The molecule has 7 nitrogen and oxygen atoms in total. The number of hydrogen-bond donors (Lipinski definition) is 4. The monoisotopic (exact) mass is 233 g/mol. The normalized spacial score (nSPS) is 27.3. The minimum Gasteiger partial charge on any atom is -0.479 e. The third-order valence-corrected chi connectivity index (χ3v) is 2.92. The molecule has 16 heavy (non-hydrogen) atoms. The first-order valence-corrected chi connectivity index (χ1v) is 4.95. The van der Waals surface area contributed by atoms with Gasteiger partial charge in [-0.05, 0) is 19.8 Å². The lowest BCUT2D eigenvalue weighted by Gasteiger charge is -2.37. The van der Waals surface area contributed by atoms with Crippen LogP contribution in [-0.2, 0) is 9.59 Å². The van der Waals surface area contributed by atoms with E-state index in [1.807, 2.05) is 0 Å². The number of hydrogen-bond acceptors (Lipinski definition) is 5. The largest absolute Gasteiger partial charge is 0.479 e. The Balaban J connectivity index is 3.05. The number of nitrogens with zero attached hydrogens (tertiary/aromatic N) is 1. The van der Waals surface area contributed by atoms with Crippen molar-refractivity contribution in [2.75, 3.05) is 6.54 Å². The molecular formula is C9H15NO6. The van der Waals surface area contributed by atoms with E-state index < -0.39 is 23.8 Å². The van der Waals surface area contributed by atoms with Crippen LogP contribution in [0.15, 0.2) is 0 Å². The highest BCUT2D eigenvalue weighted by molar-refractivity contribution is 5.86. The summed E-state index contributed by atoms with van der Waals surface area (Å²) in [6, 6.07) is -0.282. The Morgan fingerprint density at radius 1 is 1.44 bits per heavy atom. The summed E-state index contributed by atoms with van der Waals surface area (Å²) in [6.45, 7) is 1.92. The molecule has 1 fully saturated rings. The molecule has 0 amide bonds. The van der Waals surface area contributed by atoms with Crippen molar-refractivity contribution in [3.8, 4) is 0 Å². The van der Waals surface area contributed by atoms with Crippen LogP contribution in [0.4, 0.5) is 0 Å². The maximum atomic E-state index is 11.0. The highest BCUT2D eigenvalue weighted by atomic mass is 16.5. The van der Waals surface area contributed by atoms with Gasteiger partial charge >= 0.3 is 11.9 Å². The number of carbonyl (C=O) groups is 2. The van der Waals surface area contributed by atoms with E-state index in [0.717, 1.165) is 4.90 Å². The van der Waals surface area contributed by atoms with E-state index in [4.69, 9.17) is 10.2 Å². The molecule has 0 spiro atoms. The van der Waals surface area contributed by atoms with Gasteiger partial charge in [0.2, 0.25) is 6.10 Å². The lowest BCUT2D eigenvalue weighted by molar-refractivity contribution is -0.216. The molecule has 0 aromatic carbocycles. The molecule has 7 heteroatoms. The topological polar surface area (TPSA) is 118 Å². The van der Waals surface area contributed by atoms with E-state index >= 15 is 0 Å². The highest BCUT2D eigenvalue weighted by Crippen LogP contribution is 2.28. The van der Waals surface area contributed by atoms with Crippen molar-refractivity contribution in [1.82, 2.24) is 4.90 Å². The molecule has 1 aliphatic rings. The lowest BCUT2D eigenvalue weighted by atomic mass is 10.0. The van der Waals surface area contributed by atoms with Gasteiger partial charge in [0, 0.05) is 12.6 Å². The standard InChI is InChI=1S/C9H15NO6/c1-5-3-2-4-10(5)9(16,8(14)15)6(11)7(12)13/h5-6,11,16H,2-4H2,1H3,(H,12,13)(H,14,15)/t5-,6+,9-/m1/s1. The molecule has 3 atom stereocenters. The molecule has 0 bridgehead atoms. The van der Waals surface area contributed by atoms with Crippen molar-refractivity contribution in [2.24, 2.45) is 0 Å². The van der Waals surface area contributed by atoms with Gasteiger partial charge in [0.25, 0.3) is 5.72 Å². The Kier molecular flexibility index (Phi) is 3.51. The summed E-state index contributed by atoms with van der Waals surface area (Å²) < 4.78 is 0. The fourth-order valence-corrected chi connectivity index (χ4v) is 2.01. The Bertz CT molecular complexity index is 306. The molecule has 1 heterocycles. The second-order valence-corrected chi connectivity index (χ2v) is 3.96. The molecule has 0 aliphatic carbocycles. The highest BCUT2D eigenvalue weighted by Gasteiger charge is 2.54. The first-order valence-electron chi connectivity index (χ1n) is 4.95. The van der Waals surface area contributed by atoms with Crippen LogP contribution >= 0.6 is 0 Å². The first kappa shape index (κ1) is 12.9. The predicted octanol–water partition coefficient (Wildman–Crippen LogP) is -1.31. The average Bonchev–Trinajstić information content (AvgIpc) is 2.62. The number of aliphatic hydroxyl groups excluding tert-OH is 1. The Morgan fingerprint density at radius 2 is 2.00 bits per heavy atom. The van der Waals surface area contributed by atoms with Crippen LogP contribution in [0.2, 0.25) is 0 Å². The Hall–Kier alpha value is -1.18. The van der Waals surface area contributed by atoms with E-state index in [1.165, 1.54) is 0 Å². The van der Waals surface area contributed by atoms with Gasteiger partial charge in [0.1, 0.15) is 0 Å². The number of aliphatic carboxylic acids is 2. The molecule has 92 valence electrons. The summed E-state index contributed by atoms with van der Waals surface area (Å²) in [5.41, 5.74) is -2.76. The lowest BCUT2D eigenvalue weighted by Crippen LogP contribution is -2.65. The summed E-state index contributed by atoms with van der Waals surface area (Å²) >= 11 is 0. The third-order valence-electron chi connectivity index (χ3n) is 2.92. The van der Waals surface area contributed by atoms with Crippen molar-refractivity contribution < 1.29 is 30.0 Å². The second kappa shape index (κ2) is 4.36. The smallest absolute Gasteiger partial charge is 0.355 e. The summed E-state index contributed by atoms with van der Waals surface area (Å²) in [5.74, 6) is -3.51. The van der Waals surface area contributed by atoms with Gasteiger partial charge in [0.15, 0.2) is 0 Å². The number of aliphatic hydroxyl groups is 2. The predicted molar refractivity (Wildman–Crippen MR) is 51.6 cm³/mol. The van der Waals surface area contributed by atoms with Crippen molar-refractivity contribution in [1.29, 1.82) is 0 Å². The zero-order chi connectivity index (χ0) is 12.5. The SMILES string of the molecule is C[C@@H]1CCCN1[C@](O)(C(=O)O)[C@@H](O)C(=O)O. The van der Waals surface area contributed by atoms with E-state index in [2.05, 4.69) is 0 Å². The summed E-state index contributed by atoms with van der Waals surface area (Å²) in [7, 11) is 0. The molecule has 0 saturated carbocycles. The first-order chi connectivity index (χ1) is 7.31. The molecule has 1 saturated heterocycles. The summed E-state index contributed by atoms with van der Waals surface area (Å²) in [6.07, 6.45) is -1.06. The number of likely N-dealkylation sites (tertiary alicyclic amines) is 1. The maximum absolute atomic E-state index is 11.0. The van der Waals surface area contributed by atoms with Crippen molar-refractivity contribution >= 4 is 11.9 Å². The van der Waals surface area contributed by atoms with Gasteiger partial charge in [0.05, 0.1) is 0 Å². The van der Waals surface area contributed by atoms with Gasteiger partial charge < -0.3 is 20.4 Å². The minimum atomic E-state index is -2.76. The molecule has 1 aliphatic heterocycles. The Morgan fingerprint density at radius 3 is 2.31 bits per heavy atom. The number of carboxylic acids is 2. The second-order valence-electron chi connectivity index (χ2n) is 3.96. The third kappa shape index (κ3) is 1.89. The number of carboxylic acid groups (broad SMARTS) is 2. The molecule has 1 rings (SSSR count). The Labute approximate surface area is 91.9 Å². The van der Waals surface area contributed by atoms with Crippen LogP contribution in [0, 0.1) is 0 Å². The van der Waals surface area contributed by atoms with Crippen molar-refractivity contribution in [3.63, 3.8) is 0 Å². The molecule has 0 unspecified atom stereocenters.